The Labute approximate surface area is 142 Å². The van der Waals surface area contributed by atoms with E-state index in [2.05, 4.69) is 31.2 Å². The molecule has 0 bridgehead atoms. The van der Waals surface area contributed by atoms with Crippen molar-refractivity contribution in [3.8, 4) is 0 Å². The van der Waals surface area contributed by atoms with Gasteiger partial charge in [0, 0.05) is 11.7 Å². The predicted molar refractivity (Wildman–Crippen MR) is 96.9 cm³/mol. The lowest BCUT2D eigenvalue weighted by Gasteiger charge is -2.17. The average molecular weight is 321 g/mol. The zero-order valence-electron chi connectivity index (χ0n) is 14.2. The lowest BCUT2D eigenvalue weighted by atomic mass is 10.1. The summed E-state index contributed by atoms with van der Waals surface area (Å²) in [5, 5.41) is 1.17. The number of esters is 1. The molecule has 0 aliphatic carbocycles. The quantitative estimate of drug-likeness (QED) is 0.605. The maximum absolute atomic E-state index is 12.6. The standard InChI is InChI=1S/C21H23NO2/c1-3-16-10-11-20-18(14-16)12-13-22(20)19(4-2)21(23)24-15-17-8-6-5-7-9-17/h5-14,19H,3-4,15H2,1-2H3. The summed E-state index contributed by atoms with van der Waals surface area (Å²) in [6.45, 7) is 4.48. The van der Waals surface area contributed by atoms with E-state index in [1.54, 1.807) is 0 Å². The van der Waals surface area contributed by atoms with Gasteiger partial charge < -0.3 is 9.30 Å². The van der Waals surface area contributed by atoms with Crippen molar-refractivity contribution in [2.45, 2.75) is 39.3 Å². The monoisotopic (exact) mass is 321 g/mol. The number of aromatic nitrogens is 1. The highest BCUT2D eigenvalue weighted by Crippen LogP contribution is 2.24. The number of benzene rings is 2. The van der Waals surface area contributed by atoms with Crippen LogP contribution in [-0.4, -0.2) is 10.5 Å². The molecule has 0 fully saturated rings. The highest BCUT2D eigenvalue weighted by Gasteiger charge is 2.21. The number of carbonyl (C=O) groups is 1. The van der Waals surface area contributed by atoms with Crippen molar-refractivity contribution < 1.29 is 9.53 Å². The fourth-order valence-corrected chi connectivity index (χ4v) is 3.01. The molecule has 1 unspecified atom stereocenters. The van der Waals surface area contributed by atoms with Gasteiger partial charge in [-0.15, -0.1) is 0 Å². The third-order valence-corrected chi connectivity index (χ3v) is 4.41. The molecule has 2 aromatic carbocycles. The fraction of sp³-hybridized carbons (Fsp3) is 0.286. The van der Waals surface area contributed by atoms with Gasteiger partial charge in [-0.05, 0) is 47.6 Å². The van der Waals surface area contributed by atoms with Crippen molar-refractivity contribution in [2.24, 2.45) is 0 Å². The molecule has 3 nitrogen and oxygen atoms in total. The molecule has 0 saturated heterocycles. The van der Waals surface area contributed by atoms with Crippen LogP contribution in [0.25, 0.3) is 10.9 Å². The molecule has 1 heterocycles. The van der Waals surface area contributed by atoms with Crippen LogP contribution in [0, 0.1) is 0 Å². The van der Waals surface area contributed by atoms with Crippen molar-refractivity contribution >= 4 is 16.9 Å². The van der Waals surface area contributed by atoms with Crippen LogP contribution < -0.4 is 0 Å². The molecule has 0 saturated carbocycles. The van der Waals surface area contributed by atoms with Gasteiger partial charge in [-0.25, -0.2) is 4.79 Å². The van der Waals surface area contributed by atoms with E-state index in [1.807, 2.05) is 48.0 Å². The minimum absolute atomic E-state index is 0.182. The Kier molecular flexibility index (Phi) is 4.99. The van der Waals surface area contributed by atoms with Gasteiger partial charge in [0.15, 0.2) is 0 Å². The number of rotatable bonds is 6. The van der Waals surface area contributed by atoms with Crippen molar-refractivity contribution in [3.05, 3.63) is 71.9 Å². The van der Waals surface area contributed by atoms with Gasteiger partial charge in [0.05, 0.1) is 0 Å². The van der Waals surface area contributed by atoms with Crippen molar-refractivity contribution in [2.75, 3.05) is 0 Å². The highest BCUT2D eigenvalue weighted by molar-refractivity contribution is 5.84. The van der Waals surface area contributed by atoms with E-state index in [0.717, 1.165) is 17.5 Å². The molecule has 24 heavy (non-hydrogen) atoms. The minimum atomic E-state index is -0.293. The van der Waals surface area contributed by atoms with Gasteiger partial charge in [0.25, 0.3) is 0 Å². The molecule has 0 radical (unpaired) electrons. The zero-order valence-corrected chi connectivity index (χ0v) is 14.2. The van der Waals surface area contributed by atoms with E-state index in [4.69, 9.17) is 4.74 Å². The Morgan fingerprint density at radius 1 is 1.04 bits per heavy atom. The third-order valence-electron chi connectivity index (χ3n) is 4.41. The number of aryl methyl sites for hydroxylation is 1. The van der Waals surface area contributed by atoms with Gasteiger partial charge >= 0.3 is 5.97 Å². The number of carbonyl (C=O) groups excluding carboxylic acids is 1. The van der Waals surface area contributed by atoms with Gasteiger partial charge in [-0.3, -0.25) is 0 Å². The Bertz CT molecular complexity index is 820. The van der Waals surface area contributed by atoms with Crippen LogP contribution in [0.4, 0.5) is 0 Å². The Morgan fingerprint density at radius 3 is 2.54 bits per heavy atom. The van der Waals surface area contributed by atoms with E-state index < -0.39 is 0 Å². The first-order valence-corrected chi connectivity index (χ1v) is 8.53. The maximum atomic E-state index is 12.6. The number of hydrogen-bond donors (Lipinski definition) is 0. The average Bonchev–Trinajstić information content (AvgIpc) is 3.04. The number of nitrogens with zero attached hydrogens (tertiary/aromatic N) is 1. The summed E-state index contributed by atoms with van der Waals surface area (Å²) < 4.78 is 7.57. The van der Waals surface area contributed by atoms with Gasteiger partial charge in [-0.2, -0.15) is 0 Å². The third kappa shape index (κ3) is 3.35. The fourth-order valence-electron chi connectivity index (χ4n) is 3.01. The second kappa shape index (κ2) is 7.35. The predicted octanol–water partition coefficient (Wildman–Crippen LogP) is 4.90. The van der Waals surface area contributed by atoms with E-state index in [9.17, 15) is 4.79 Å². The molecule has 1 atom stereocenters. The molecule has 0 aliphatic rings. The van der Waals surface area contributed by atoms with Crippen LogP contribution in [0.1, 0.15) is 37.4 Å². The molecular weight excluding hydrogens is 298 g/mol. The molecule has 124 valence electrons. The summed E-state index contributed by atoms with van der Waals surface area (Å²) in [7, 11) is 0. The van der Waals surface area contributed by atoms with Gasteiger partial charge in [0.2, 0.25) is 0 Å². The van der Waals surface area contributed by atoms with E-state index >= 15 is 0 Å². The second-order valence-corrected chi connectivity index (χ2v) is 5.99. The molecule has 0 spiro atoms. The summed E-state index contributed by atoms with van der Waals surface area (Å²) in [5.74, 6) is -0.182. The smallest absolute Gasteiger partial charge is 0.329 e. The molecule has 0 aliphatic heterocycles. The van der Waals surface area contributed by atoms with Gasteiger partial charge in [0.1, 0.15) is 12.6 Å². The van der Waals surface area contributed by atoms with E-state index in [0.29, 0.717) is 13.0 Å². The zero-order chi connectivity index (χ0) is 16.9. The van der Waals surface area contributed by atoms with Crippen molar-refractivity contribution in [1.82, 2.24) is 4.57 Å². The molecule has 3 heteroatoms. The topological polar surface area (TPSA) is 31.2 Å². The summed E-state index contributed by atoms with van der Waals surface area (Å²) in [5.41, 5.74) is 3.39. The molecule has 3 rings (SSSR count). The maximum Gasteiger partial charge on any atom is 0.329 e. The molecule has 3 aromatic rings. The van der Waals surface area contributed by atoms with Crippen molar-refractivity contribution in [1.29, 1.82) is 0 Å². The number of ether oxygens (including phenoxy) is 1. The number of hydrogen-bond acceptors (Lipinski definition) is 2. The lowest BCUT2D eigenvalue weighted by Crippen LogP contribution is -2.20. The normalized spacial score (nSPS) is 12.2. The second-order valence-electron chi connectivity index (χ2n) is 5.99. The first kappa shape index (κ1) is 16.3. The highest BCUT2D eigenvalue weighted by atomic mass is 16.5. The summed E-state index contributed by atoms with van der Waals surface area (Å²) in [6, 6.07) is 18.0. The molecule has 0 N–H and O–H groups in total. The van der Waals surface area contributed by atoms with E-state index in [-0.39, 0.29) is 12.0 Å². The Morgan fingerprint density at radius 2 is 1.83 bits per heavy atom. The first-order chi connectivity index (χ1) is 11.7. The SMILES string of the molecule is CCc1ccc2c(ccn2C(CC)C(=O)OCc2ccccc2)c1. The van der Waals surface area contributed by atoms with Crippen molar-refractivity contribution in [3.63, 3.8) is 0 Å². The van der Waals surface area contributed by atoms with E-state index in [1.165, 1.54) is 10.9 Å². The lowest BCUT2D eigenvalue weighted by molar-refractivity contribution is -0.149. The summed E-state index contributed by atoms with van der Waals surface area (Å²) in [6.07, 6.45) is 3.70. The molecule has 1 aromatic heterocycles. The van der Waals surface area contributed by atoms with Gasteiger partial charge in [-0.1, -0.05) is 50.2 Å². The van der Waals surface area contributed by atoms with Crippen LogP contribution in [0.5, 0.6) is 0 Å². The molecule has 0 amide bonds. The Hall–Kier alpha value is -2.55. The van der Waals surface area contributed by atoms with Crippen LogP contribution in [0.3, 0.4) is 0 Å². The molecular formula is C21H23NO2. The van der Waals surface area contributed by atoms with Crippen LogP contribution >= 0.6 is 0 Å². The summed E-state index contributed by atoms with van der Waals surface area (Å²) >= 11 is 0. The van der Waals surface area contributed by atoms with Crippen LogP contribution in [0.15, 0.2) is 60.8 Å². The summed E-state index contributed by atoms with van der Waals surface area (Å²) in [4.78, 5) is 12.6. The first-order valence-electron chi connectivity index (χ1n) is 8.53. The largest absolute Gasteiger partial charge is 0.459 e. The minimum Gasteiger partial charge on any atom is -0.459 e. The van der Waals surface area contributed by atoms with Crippen LogP contribution in [-0.2, 0) is 22.6 Å². The number of fused-ring (bicyclic) bond motifs is 1. The Balaban J connectivity index is 1.79. The van der Waals surface area contributed by atoms with Crippen LogP contribution in [0.2, 0.25) is 0 Å².